The molecule has 0 fully saturated rings. The summed E-state index contributed by atoms with van der Waals surface area (Å²) in [7, 11) is 0. The molecule has 6 nitrogen and oxygen atoms in total. The van der Waals surface area contributed by atoms with Crippen LogP contribution in [0.4, 0.5) is 0 Å². The van der Waals surface area contributed by atoms with Crippen molar-refractivity contribution in [3.8, 4) is 16.9 Å². The largest absolute Gasteiger partial charge is 0.421 e. The Balaban J connectivity index is 1.43. The summed E-state index contributed by atoms with van der Waals surface area (Å²) in [4.78, 5) is 29.3. The minimum Gasteiger partial charge on any atom is -0.421 e. The molecule has 1 aromatic heterocycles. The quantitative estimate of drug-likeness (QED) is 0.0829. The lowest BCUT2D eigenvalue weighted by Gasteiger charge is -2.11. The second-order valence-electron chi connectivity index (χ2n) is 8.69. The lowest BCUT2D eigenvalue weighted by Crippen LogP contribution is -2.19. The van der Waals surface area contributed by atoms with Gasteiger partial charge in [0.05, 0.1) is 16.3 Å². The maximum absolute atomic E-state index is 13.3. The third-order valence-electron chi connectivity index (χ3n) is 5.94. The van der Waals surface area contributed by atoms with E-state index in [1.165, 1.54) is 6.21 Å². The number of aryl methyl sites for hydroxylation is 1. The summed E-state index contributed by atoms with van der Waals surface area (Å²) in [5, 5.41) is 5.56. The molecule has 0 bridgehead atoms. The van der Waals surface area contributed by atoms with Crippen molar-refractivity contribution in [3.63, 3.8) is 0 Å². The minimum absolute atomic E-state index is 0.270. The maximum Gasteiger partial charge on any atom is 0.343 e. The average Bonchev–Trinajstić information content (AvgIpc) is 3.30. The van der Waals surface area contributed by atoms with Crippen LogP contribution in [-0.4, -0.2) is 23.1 Å². The van der Waals surface area contributed by atoms with Gasteiger partial charge in [0.1, 0.15) is 5.69 Å². The van der Waals surface area contributed by atoms with Crippen LogP contribution in [0.3, 0.4) is 0 Å². The van der Waals surface area contributed by atoms with Gasteiger partial charge in [-0.2, -0.15) is 5.10 Å². The predicted octanol–water partition coefficient (Wildman–Crippen LogP) is 8.30. The average molecular weight is 666 g/mol. The van der Waals surface area contributed by atoms with E-state index in [1.807, 2.05) is 61.5 Å². The molecular formula is C30H20Br2ClN3O3. The highest BCUT2D eigenvalue weighted by Crippen LogP contribution is 2.35. The van der Waals surface area contributed by atoms with Crippen LogP contribution >= 0.6 is 43.5 Å². The Labute approximate surface area is 246 Å². The Morgan fingerprint density at radius 2 is 1.72 bits per heavy atom. The second-order valence-corrected chi connectivity index (χ2v) is 10.9. The number of fused-ring (bicyclic) bond motifs is 1. The number of esters is 1. The number of nitrogens with one attached hydrogen (secondary N) is 2. The summed E-state index contributed by atoms with van der Waals surface area (Å²) in [6.07, 6.45) is 1.42. The molecule has 0 radical (unpaired) electrons. The van der Waals surface area contributed by atoms with Gasteiger partial charge in [0.2, 0.25) is 0 Å². The molecule has 0 spiro atoms. The Bertz CT molecular complexity index is 1730. The Kier molecular flexibility index (Phi) is 7.97. The molecule has 0 atom stereocenters. The molecule has 9 heteroatoms. The van der Waals surface area contributed by atoms with Gasteiger partial charge >= 0.3 is 5.97 Å². The summed E-state index contributed by atoms with van der Waals surface area (Å²) >= 11 is 13.2. The number of hydrogen-bond acceptors (Lipinski definition) is 4. The second kappa shape index (κ2) is 11.6. The zero-order valence-electron chi connectivity index (χ0n) is 20.5. The van der Waals surface area contributed by atoms with E-state index in [-0.39, 0.29) is 5.75 Å². The molecule has 1 heterocycles. The summed E-state index contributed by atoms with van der Waals surface area (Å²) in [6.45, 7) is 1.94. The first kappa shape index (κ1) is 26.9. The number of H-pyrrole nitrogens is 1. The van der Waals surface area contributed by atoms with E-state index >= 15 is 0 Å². The highest BCUT2D eigenvalue weighted by atomic mass is 79.9. The van der Waals surface area contributed by atoms with Gasteiger partial charge in [0.15, 0.2) is 5.75 Å². The van der Waals surface area contributed by atoms with Gasteiger partial charge in [-0.1, -0.05) is 75.6 Å². The van der Waals surface area contributed by atoms with Crippen LogP contribution in [0.25, 0.3) is 22.0 Å². The molecule has 2 N–H and O–H groups in total. The monoisotopic (exact) mass is 663 g/mol. The van der Waals surface area contributed by atoms with E-state index in [9.17, 15) is 9.59 Å². The Morgan fingerprint density at radius 3 is 2.46 bits per heavy atom. The summed E-state index contributed by atoms with van der Waals surface area (Å²) < 4.78 is 6.98. The van der Waals surface area contributed by atoms with Crippen LogP contribution in [0.2, 0.25) is 5.02 Å². The van der Waals surface area contributed by atoms with E-state index in [1.54, 1.807) is 30.3 Å². The van der Waals surface area contributed by atoms with Crippen molar-refractivity contribution in [1.29, 1.82) is 0 Å². The highest BCUT2D eigenvalue weighted by molar-refractivity contribution is 9.11. The number of carbonyl (C=O) groups is 2. The summed E-state index contributed by atoms with van der Waals surface area (Å²) in [5.41, 5.74) is 7.21. The van der Waals surface area contributed by atoms with Crippen molar-refractivity contribution in [1.82, 2.24) is 10.4 Å². The number of aromatic amines is 1. The van der Waals surface area contributed by atoms with E-state index < -0.39 is 11.9 Å². The molecule has 194 valence electrons. The fraction of sp³-hybridized carbons (Fsp3) is 0.0333. The maximum atomic E-state index is 13.3. The topological polar surface area (TPSA) is 83.5 Å². The van der Waals surface area contributed by atoms with Crippen LogP contribution in [0.5, 0.6) is 5.75 Å². The number of carbonyl (C=O) groups excluding carboxylic acids is 2. The van der Waals surface area contributed by atoms with Gasteiger partial charge in [0, 0.05) is 31.5 Å². The number of halogens is 3. The van der Waals surface area contributed by atoms with E-state index in [0.717, 1.165) is 32.1 Å². The first-order valence-corrected chi connectivity index (χ1v) is 13.7. The van der Waals surface area contributed by atoms with Crippen molar-refractivity contribution in [2.75, 3.05) is 0 Å². The molecule has 0 aliphatic heterocycles. The highest BCUT2D eigenvalue weighted by Gasteiger charge is 2.20. The Morgan fingerprint density at radius 1 is 0.974 bits per heavy atom. The molecular weight excluding hydrogens is 646 g/mol. The molecule has 39 heavy (non-hydrogen) atoms. The van der Waals surface area contributed by atoms with Gasteiger partial charge < -0.3 is 9.72 Å². The lowest BCUT2D eigenvalue weighted by molar-refractivity contribution is 0.0733. The normalized spacial score (nSPS) is 11.2. The number of rotatable bonds is 6. The van der Waals surface area contributed by atoms with Crippen molar-refractivity contribution in [3.05, 3.63) is 121 Å². The van der Waals surface area contributed by atoms with Crippen LogP contribution < -0.4 is 10.2 Å². The van der Waals surface area contributed by atoms with Crippen molar-refractivity contribution in [2.45, 2.75) is 6.92 Å². The fourth-order valence-corrected chi connectivity index (χ4v) is 5.59. The smallest absolute Gasteiger partial charge is 0.343 e. The number of hydrogen-bond donors (Lipinski definition) is 2. The van der Waals surface area contributed by atoms with Crippen LogP contribution in [0, 0.1) is 6.92 Å². The van der Waals surface area contributed by atoms with Crippen molar-refractivity contribution in [2.24, 2.45) is 5.10 Å². The fourth-order valence-electron chi connectivity index (χ4n) is 4.08. The first-order chi connectivity index (χ1) is 18.8. The zero-order valence-corrected chi connectivity index (χ0v) is 24.4. The molecule has 4 aromatic carbocycles. The molecule has 0 saturated carbocycles. The standard InChI is InChI=1S/C30H20Br2ClN3O3/c1-17-7-9-19(10-8-17)30(38)39-28-20(13-21(31)14-24(28)32)16-34-36-29(37)27-26(18-5-3-2-4-6-18)23-15-22(33)11-12-25(23)35-27/h2-16,35H,1H3,(H,36,37). The van der Waals surface area contributed by atoms with E-state index in [4.69, 9.17) is 16.3 Å². The number of ether oxygens (including phenoxy) is 1. The zero-order chi connectivity index (χ0) is 27.5. The first-order valence-electron chi connectivity index (χ1n) is 11.8. The number of nitrogens with zero attached hydrogens (tertiary/aromatic N) is 1. The molecule has 1 amide bonds. The van der Waals surface area contributed by atoms with Crippen LogP contribution in [0.1, 0.15) is 32.0 Å². The number of aromatic nitrogens is 1. The molecule has 0 unspecified atom stereocenters. The third kappa shape index (κ3) is 5.98. The molecule has 0 aliphatic rings. The number of hydrazone groups is 1. The van der Waals surface area contributed by atoms with E-state index in [0.29, 0.717) is 26.3 Å². The van der Waals surface area contributed by atoms with Gasteiger partial charge in [-0.25, -0.2) is 10.2 Å². The van der Waals surface area contributed by atoms with Gasteiger partial charge in [-0.15, -0.1) is 0 Å². The Hall–Kier alpha value is -3.72. The number of amides is 1. The summed E-state index contributed by atoms with van der Waals surface area (Å²) in [6, 6.07) is 25.6. The SMILES string of the molecule is Cc1ccc(C(=O)Oc2c(Br)cc(Br)cc2C=NNC(=O)c2[nH]c3ccc(Cl)cc3c2-c2ccccc2)cc1. The number of benzene rings is 4. The lowest BCUT2D eigenvalue weighted by atomic mass is 10.0. The summed E-state index contributed by atoms with van der Waals surface area (Å²) in [5.74, 6) is -0.683. The van der Waals surface area contributed by atoms with Crippen molar-refractivity contribution < 1.29 is 14.3 Å². The molecule has 5 rings (SSSR count). The third-order valence-corrected chi connectivity index (χ3v) is 7.22. The van der Waals surface area contributed by atoms with Gasteiger partial charge in [0.25, 0.3) is 5.91 Å². The molecule has 0 aliphatic carbocycles. The van der Waals surface area contributed by atoms with E-state index in [2.05, 4.69) is 47.4 Å². The van der Waals surface area contributed by atoms with Crippen LogP contribution in [0.15, 0.2) is 99.0 Å². The minimum atomic E-state index is -0.513. The predicted molar refractivity (Wildman–Crippen MR) is 162 cm³/mol. The molecule has 0 saturated heterocycles. The van der Waals surface area contributed by atoms with Gasteiger partial charge in [-0.3, -0.25) is 4.79 Å². The van der Waals surface area contributed by atoms with Crippen LogP contribution in [-0.2, 0) is 0 Å². The van der Waals surface area contributed by atoms with Crippen molar-refractivity contribution >= 4 is 72.5 Å². The van der Waals surface area contributed by atoms with Gasteiger partial charge in [-0.05, 0) is 70.9 Å². The molecule has 5 aromatic rings.